The highest BCUT2D eigenvalue weighted by atomic mass is 16.7. The lowest BCUT2D eigenvalue weighted by Gasteiger charge is -2.25. The maximum absolute atomic E-state index is 11.8. The Morgan fingerprint density at radius 3 is 2.45 bits per heavy atom. The molecule has 110 valence electrons. The molecule has 1 aromatic carbocycles. The third-order valence-electron chi connectivity index (χ3n) is 2.83. The van der Waals surface area contributed by atoms with Crippen LogP contribution in [0.15, 0.2) is 30.3 Å². The molecule has 0 spiro atoms. The number of benzene rings is 1. The number of likely N-dealkylation sites (N-methyl/N-ethyl adjacent to an activating group) is 1. The SMILES string of the molecule is CON(C)C(=O)C(O)C(Cc1ccccc1)NC(=O)O. The Labute approximate surface area is 116 Å². The van der Waals surface area contributed by atoms with Crippen LogP contribution in [0.25, 0.3) is 0 Å². The molecule has 2 unspecified atom stereocenters. The number of aliphatic hydroxyl groups excluding tert-OH is 1. The van der Waals surface area contributed by atoms with Gasteiger partial charge in [0.1, 0.15) is 0 Å². The Morgan fingerprint density at radius 1 is 1.35 bits per heavy atom. The van der Waals surface area contributed by atoms with E-state index in [-0.39, 0.29) is 6.42 Å². The van der Waals surface area contributed by atoms with Crippen LogP contribution >= 0.6 is 0 Å². The third kappa shape index (κ3) is 4.52. The third-order valence-corrected chi connectivity index (χ3v) is 2.83. The van der Waals surface area contributed by atoms with Crippen molar-refractivity contribution in [3.8, 4) is 0 Å². The Kier molecular flexibility index (Phi) is 5.95. The number of carboxylic acid groups (broad SMARTS) is 1. The summed E-state index contributed by atoms with van der Waals surface area (Å²) in [5, 5.41) is 21.8. The number of nitrogens with zero attached hydrogens (tertiary/aromatic N) is 1. The first-order valence-electron chi connectivity index (χ1n) is 5.98. The zero-order valence-electron chi connectivity index (χ0n) is 11.3. The van der Waals surface area contributed by atoms with E-state index in [1.165, 1.54) is 14.2 Å². The van der Waals surface area contributed by atoms with Crippen molar-refractivity contribution in [3.05, 3.63) is 35.9 Å². The largest absolute Gasteiger partial charge is 0.465 e. The number of amides is 2. The Hall–Kier alpha value is -2.12. The van der Waals surface area contributed by atoms with E-state index >= 15 is 0 Å². The fourth-order valence-electron chi connectivity index (χ4n) is 1.72. The molecular formula is C13H18N2O5. The van der Waals surface area contributed by atoms with Gasteiger partial charge in [-0.1, -0.05) is 30.3 Å². The van der Waals surface area contributed by atoms with Crippen LogP contribution in [0.5, 0.6) is 0 Å². The summed E-state index contributed by atoms with van der Waals surface area (Å²) in [4.78, 5) is 27.3. The minimum atomic E-state index is -1.53. The molecule has 0 aliphatic carbocycles. The Balaban J connectivity index is 2.83. The van der Waals surface area contributed by atoms with E-state index in [4.69, 9.17) is 5.11 Å². The molecule has 3 N–H and O–H groups in total. The zero-order valence-corrected chi connectivity index (χ0v) is 11.3. The molecule has 0 aliphatic rings. The summed E-state index contributed by atoms with van der Waals surface area (Å²) in [7, 11) is 2.62. The maximum Gasteiger partial charge on any atom is 0.404 e. The van der Waals surface area contributed by atoms with E-state index in [9.17, 15) is 14.7 Å². The Morgan fingerprint density at radius 2 is 1.95 bits per heavy atom. The lowest BCUT2D eigenvalue weighted by Crippen LogP contribution is -2.51. The van der Waals surface area contributed by atoms with Gasteiger partial charge in [0.15, 0.2) is 6.10 Å². The fraction of sp³-hybridized carbons (Fsp3) is 0.385. The molecule has 20 heavy (non-hydrogen) atoms. The van der Waals surface area contributed by atoms with Gasteiger partial charge in [-0.15, -0.1) is 0 Å². The topological polar surface area (TPSA) is 99.1 Å². The van der Waals surface area contributed by atoms with Crippen LogP contribution in [0, 0.1) is 0 Å². The number of rotatable bonds is 6. The molecule has 0 fully saturated rings. The predicted molar refractivity (Wildman–Crippen MR) is 70.9 cm³/mol. The summed E-state index contributed by atoms with van der Waals surface area (Å²) < 4.78 is 0. The van der Waals surface area contributed by atoms with Gasteiger partial charge in [-0.3, -0.25) is 9.63 Å². The van der Waals surface area contributed by atoms with Crippen LogP contribution in [0.1, 0.15) is 5.56 Å². The van der Waals surface area contributed by atoms with Crippen LogP contribution in [0.3, 0.4) is 0 Å². The lowest BCUT2D eigenvalue weighted by atomic mass is 10.0. The van der Waals surface area contributed by atoms with E-state index in [0.29, 0.717) is 0 Å². The van der Waals surface area contributed by atoms with Gasteiger partial charge in [0, 0.05) is 7.05 Å². The van der Waals surface area contributed by atoms with E-state index in [1.807, 2.05) is 6.07 Å². The number of hydrogen-bond acceptors (Lipinski definition) is 4. The number of hydroxylamine groups is 2. The van der Waals surface area contributed by atoms with Crippen LogP contribution in [-0.2, 0) is 16.1 Å². The molecule has 0 aliphatic heterocycles. The molecule has 2 atom stereocenters. The molecule has 0 bridgehead atoms. The van der Waals surface area contributed by atoms with E-state index in [0.717, 1.165) is 10.6 Å². The number of hydrogen-bond donors (Lipinski definition) is 3. The second-order valence-electron chi connectivity index (χ2n) is 4.21. The van der Waals surface area contributed by atoms with E-state index in [2.05, 4.69) is 10.2 Å². The number of carbonyl (C=O) groups is 2. The Bertz CT molecular complexity index is 451. The van der Waals surface area contributed by atoms with Crippen molar-refractivity contribution < 1.29 is 24.6 Å². The minimum absolute atomic E-state index is 0.192. The average molecular weight is 282 g/mol. The van der Waals surface area contributed by atoms with Crippen molar-refractivity contribution >= 4 is 12.0 Å². The molecule has 2 amide bonds. The van der Waals surface area contributed by atoms with Crippen LogP contribution in [0.4, 0.5) is 4.79 Å². The molecule has 0 radical (unpaired) electrons. The summed E-state index contributed by atoms with van der Waals surface area (Å²) in [6, 6.07) is 8.02. The average Bonchev–Trinajstić information content (AvgIpc) is 2.44. The van der Waals surface area contributed by atoms with Crippen LogP contribution in [0.2, 0.25) is 0 Å². The highest BCUT2D eigenvalue weighted by Crippen LogP contribution is 2.08. The van der Waals surface area contributed by atoms with Crippen LogP contribution in [-0.4, -0.2) is 53.6 Å². The van der Waals surface area contributed by atoms with Gasteiger partial charge in [0.2, 0.25) is 0 Å². The zero-order chi connectivity index (χ0) is 15.1. The summed E-state index contributed by atoms with van der Waals surface area (Å²) >= 11 is 0. The van der Waals surface area contributed by atoms with Crippen molar-refractivity contribution in [1.29, 1.82) is 0 Å². The first kappa shape index (κ1) is 15.9. The summed E-state index contributed by atoms with van der Waals surface area (Å²) in [6.45, 7) is 0. The molecule has 1 aromatic rings. The molecule has 7 nitrogen and oxygen atoms in total. The normalized spacial score (nSPS) is 13.3. The smallest absolute Gasteiger partial charge is 0.404 e. The number of carbonyl (C=O) groups excluding carboxylic acids is 1. The van der Waals surface area contributed by atoms with Crippen molar-refractivity contribution in [1.82, 2.24) is 10.4 Å². The van der Waals surface area contributed by atoms with Gasteiger partial charge in [-0.05, 0) is 12.0 Å². The lowest BCUT2D eigenvalue weighted by molar-refractivity contribution is -0.179. The standard InChI is InChI=1S/C13H18N2O5/c1-15(20-2)12(17)11(16)10(14-13(18)19)8-9-6-4-3-5-7-9/h3-7,10-11,14,16H,8H2,1-2H3,(H,18,19). The van der Waals surface area contributed by atoms with Gasteiger partial charge in [0.25, 0.3) is 5.91 Å². The highest BCUT2D eigenvalue weighted by molar-refractivity contribution is 5.81. The fourth-order valence-corrected chi connectivity index (χ4v) is 1.72. The molecule has 0 heterocycles. The predicted octanol–water partition coefficient (Wildman–Crippen LogP) is 0.246. The van der Waals surface area contributed by atoms with Gasteiger partial charge >= 0.3 is 6.09 Å². The van der Waals surface area contributed by atoms with E-state index in [1.54, 1.807) is 24.3 Å². The summed E-state index contributed by atoms with van der Waals surface area (Å²) in [5.74, 6) is -0.720. The second kappa shape index (κ2) is 7.46. The van der Waals surface area contributed by atoms with Crippen molar-refractivity contribution in [2.75, 3.05) is 14.2 Å². The second-order valence-corrected chi connectivity index (χ2v) is 4.21. The monoisotopic (exact) mass is 282 g/mol. The summed E-state index contributed by atoms with van der Waals surface area (Å²) in [6.07, 6.45) is -2.65. The van der Waals surface area contributed by atoms with Gasteiger partial charge in [0.05, 0.1) is 13.2 Å². The van der Waals surface area contributed by atoms with Gasteiger partial charge in [-0.2, -0.15) is 0 Å². The van der Waals surface area contributed by atoms with Gasteiger partial charge < -0.3 is 15.5 Å². The molecule has 0 saturated carbocycles. The van der Waals surface area contributed by atoms with Crippen molar-refractivity contribution in [2.24, 2.45) is 0 Å². The van der Waals surface area contributed by atoms with E-state index < -0.39 is 24.1 Å². The molecule has 0 aromatic heterocycles. The van der Waals surface area contributed by atoms with Gasteiger partial charge in [-0.25, -0.2) is 9.86 Å². The molecule has 1 rings (SSSR count). The number of nitrogens with one attached hydrogen (secondary N) is 1. The first-order valence-corrected chi connectivity index (χ1v) is 5.98. The van der Waals surface area contributed by atoms with Crippen molar-refractivity contribution in [3.63, 3.8) is 0 Å². The molecular weight excluding hydrogens is 264 g/mol. The summed E-state index contributed by atoms with van der Waals surface area (Å²) in [5.41, 5.74) is 0.804. The minimum Gasteiger partial charge on any atom is -0.465 e. The quantitative estimate of drug-likeness (QED) is 0.649. The highest BCUT2D eigenvalue weighted by Gasteiger charge is 2.30. The first-order chi connectivity index (χ1) is 9.45. The molecule has 0 saturated heterocycles. The number of aliphatic hydroxyl groups is 1. The van der Waals surface area contributed by atoms with Crippen molar-refractivity contribution in [2.45, 2.75) is 18.6 Å². The maximum atomic E-state index is 11.8. The van der Waals surface area contributed by atoms with Crippen LogP contribution < -0.4 is 5.32 Å². The molecule has 7 heteroatoms.